The number of nitrogens with one attached hydrogen (secondary N) is 2. The predicted molar refractivity (Wildman–Crippen MR) is 111 cm³/mol. The first-order chi connectivity index (χ1) is 13.0. The molecule has 7 nitrogen and oxygen atoms in total. The molecule has 0 aromatic carbocycles. The molecule has 28 heavy (non-hydrogen) atoms. The summed E-state index contributed by atoms with van der Waals surface area (Å²) < 4.78 is 53.0. The van der Waals surface area contributed by atoms with Crippen molar-refractivity contribution in [2.24, 2.45) is 4.99 Å². The minimum absolute atomic E-state index is 0. The van der Waals surface area contributed by atoms with E-state index in [1.54, 1.807) is 7.11 Å². The maximum Gasteiger partial charge on any atom is 0.417 e. The van der Waals surface area contributed by atoms with Gasteiger partial charge in [0.2, 0.25) is 5.88 Å². The molecule has 0 radical (unpaired) electrons. The Balaban J connectivity index is 0.00000729. The van der Waals surface area contributed by atoms with Crippen LogP contribution in [0.15, 0.2) is 23.3 Å². The van der Waals surface area contributed by atoms with Crippen LogP contribution in [0.3, 0.4) is 0 Å². The molecular formula is C17H28F3IN4O3. The number of ether oxygens (including phenoxy) is 3. The molecule has 0 saturated heterocycles. The second-order valence-electron chi connectivity index (χ2n) is 5.38. The highest BCUT2D eigenvalue weighted by Crippen LogP contribution is 2.29. The summed E-state index contributed by atoms with van der Waals surface area (Å²) in [6, 6.07) is 2.14. The smallest absolute Gasteiger partial charge is 0.417 e. The molecule has 1 aromatic rings. The molecule has 0 unspecified atom stereocenters. The van der Waals surface area contributed by atoms with Crippen molar-refractivity contribution in [3.05, 3.63) is 23.9 Å². The largest absolute Gasteiger partial charge is 0.476 e. The maximum atomic E-state index is 12.5. The lowest BCUT2D eigenvalue weighted by Gasteiger charge is -2.12. The Morgan fingerprint density at radius 3 is 2.54 bits per heavy atom. The van der Waals surface area contributed by atoms with Gasteiger partial charge in [-0.3, -0.25) is 4.99 Å². The van der Waals surface area contributed by atoms with Crippen molar-refractivity contribution < 1.29 is 27.4 Å². The van der Waals surface area contributed by atoms with Crippen LogP contribution >= 0.6 is 24.0 Å². The van der Waals surface area contributed by atoms with Gasteiger partial charge in [0.25, 0.3) is 0 Å². The van der Waals surface area contributed by atoms with Gasteiger partial charge in [0, 0.05) is 39.1 Å². The Hall–Kier alpha value is -1.34. The Morgan fingerprint density at radius 1 is 1.14 bits per heavy atom. The molecule has 0 aliphatic heterocycles. The van der Waals surface area contributed by atoms with Gasteiger partial charge in [-0.25, -0.2) is 4.98 Å². The molecule has 162 valence electrons. The van der Waals surface area contributed by atoms with Gasteiger partial charge in [0.15, 0.2) is 5.96 Å². The Bertz CT molecular complexity index is 545. The summed E-state index contributed by atoms with van der Waals surface area (Å²) in [6.07, 6.45) is -2.87. The number of methoxy groups -OCH3 is 1. The minimum Gasteiger partial charge on any atom is -0.476 e. The van der Waals surface area contributed by atoms with E-state index in [2.05, 4.69) is 20.6 Å². The summed E-state index contributed by atoms with van der Waals surface area (Å²) >= 11 is 0. The van der Waals surface area contributed by atoms with Gasteiger partial charge in [-0.1, -0.05) is 0 Å². The summed E-state index contributed by atoms with van der Waals surface area (Å²) in [6.45, 7) is 5.67. The van der Waals surface area contributed by atoms with Crippen molar-refractivity contribution in [2.45, 2.75) is 19.5 Å². The molecule has 0 bridgehead atoms. The highest BCUT2D eigenvalue weighted by Gasteiger charge is 2.30. The first-order valence-corrected chi connectivity index (χ1v) is 8.72. The molecule has 0 saturated carbocycles. The van der Waals surface area contributed by atoms with Gasteiger partial charge >= 0.3 is 6.18 Å². The number of alkyl halides is 3. The van der Waals surface area contributed by atoms with Crippen molar-refractivity contribution in [1.82, 2.24) is 15.6 Å². The molecule has 0 amide bonds. The molecule has 0 aliphatic carbocycles. The lowest BCUT2D eigenvalue weighted by Crippen LogP contribution is -2.39. The fourth-order valence-corrected chi connectivity index (χ4v) is 1.90. The summed E-state index contributed by atoms with van der Waals surface area (Å²) in [5, 5.41) is 6.18. The molecule has 11 heteroatoms. The predicted octanol–water partition coefficient (Wildman–Crippen LogP) is 2.71. The van der Waals surface area contributed by atoms with Gasteiger partial charge < -0.3 is 24.8 Å². The SMILES string of the molecule is CCNC(=NCCCOCCOC)NCCOc1ccc(C(F)(F)F)cn1.I. The van der Waals surface area contributed by atoms with Crippen molar-refractivity contribution in [2.75, 3.05) is 53.2 Å². The van der Waals surface area contributed by atoms with Gasteiger partial charge in [-0.2, -0.15) is 13.2 Å². The summed E-state index contributed by atoms with van der Waals surface area (Å²) in [5.74, 6) is 0.776. The highest BCUT2D eigenvalue weighted by atomic mass is 127. The van der Waals surface area contributed by atoms with Crippen LogP contribution in [0.4, 0.5) is 13.2 Å². The van der Waals surface area contributed by atoms with Gasteiger partial charge in [-0.15, -0.1) is 24.0 Å². The standard InChI is InChI=1S/C17H27F3N4O3.HI/c1-3-21-16(22-7-4-9-26-12-11-25-2)23-8-10-27-15-6-5-14(13-24-15)17(18,19)20;/h5-6,13H,3-4,7-12H2,1-2H3,(H2,21,22,23);1H. The quantitative estimate of drug-likeness (QED) is 0.191. The zero-order valence-corrected chi connectivity index (χ0v) is 18.4. The molecule has 0 atom stereocenters. The van der Waals surface area contributed by atoms with Crippen LogP contribution in [-0.4, -0.2) is 64.1 Å². The number of nitrogens with zero attached hydrogens (tertiary/aromatic N) is 2. The molecule has 0 spiro atoms. The molecule has 1 rings (SSSR count). The number of guanidine groups is 1. The van der Waals surface area contributed by atoms with E-state index in [1.807, 2.05) is 6.92 Å². The average molecular weight is 520 g/mol. The second kappa shape index (κ2) is 15.6. The van der Waals surface area contributed by atoms with Crippen LogP contribution in [0.5, 0.6) is 5.88 Å². The fraction of sp³-hybridized carbons (Fsp3) is 0.647. The molecule has 1 aromatic heterocycles. The average Bonchev–Trinajstić information content (AvgIpc) is 2.64. The van der Waals surface area contributed by atoms with Crippen molar-refractivity contribution in [3.8, 4) is 5.88 Å². The van der Waals surface area contributed by atoms with E-state index in [9.17, 15) is 13.2 Å². The minimum atomic E-state index is -4.40. The van der Waals surface area contributed by atoms with Crippen LogP contribution in [0, 0.1) is 0 Å². The highest BCUT2D eigenvalue weighted by molar-refractivity contribution is 14.0. The van der Waals surface area contributed by atoms with Crippen molar-refractivity contribution >= 4 is 29.9 Å². The monoisotopic (exact) mass is 520 g/mol. The fourth-order valence-electron chi connectivity index (χ4n) is 1.90. The van der Waals surface area contributed by atoms with E-state index in [0.717, 1.165) is 18.7 Å². The van der Waals surface area contributed by atoms with E-state index in [1.165, 1.54) is 6.07 Å². The number of pyridine rings is 1. The molecule has 0 aliphatic rings. The number of aliphatic imine (C=N–C) groups is 1. The van der Waals surface area contributed by atoms with Gasteiger partial charge in [-0.05, 0) is 19.4 Å². The molecule has 1 heterocycles. The van der Waals surface area contributed by atoms with E-state index in [-0.39, 0.29) is 36.5 Å². The van der Waals surface area contributed by atoms with Crippen LogP contribution in [0.1, 0.15) is 18.9 Å². The third-order valence-electron chi connectivity index (χ3n) is 3.20. The van der Waals surface area contributed by atoms with Gasteiger partial charge in [0.1, 0.15) is 6.61 Å². The summed E-state index contributed by atoms with van der Waals surface area (Å²) in [5.41, 5.74) is -0.805. The maximum absolute atomic E-state index is 12.5. The number of hydrogen-bond donors (Lipinski definition) is 2. The van der Waals surface area contributed by atoms with E-state index in [0.29, 0.717) is 45.4 Å². The third kappa shape index (κ3) is 12.2. The lowest BCUT2D eigenvalue weighted by molar-refractivity contribution is -0.137. The van der Waals surface area contributed by atoms with Crippen LogP contribution < -0.4 is 15.4 Å². The second-order valence-corrected chi connectivity index (χ2v) is 5.38. The van der Waals surface area contributed by atoms with E-state index in [4.69, 9.17) is 14.2 Å². The first kappa shape index (κ1) is 26.7. The number of hydrogen-bond acceptors (Lipinski definition) is 5. The first-order valence-electron chi connectivity index (χ1n) is 8.72. The third-order valence-corrected chi connectivity index (χ3v) is 3.20. The zero-order valence-electron chi connectivity index (χ0n) is 16.1. The van der Waals surface area contributed by atoms with Crippen LogP contribution in [0.25, 0.3) is 0 Å². The molecular weight excluding hydrogens is 492 g/mol. The zero-order chi connectivity index (χ0) is 20.0. The number of aromatic nitrogens is 1. The molecule has 0 fully saturated rings. The Kier molecular flexibility index (Phi) is 14.8. The van der Waals surface area contributed by atoms with Crippen molar-refractivity contribution in [1.29, 1.82) is 0 Å². The van der Waals surface area contributed by atoms with E-state index < -0.39 is 11.7 Å². The van der Waals surface area contributed by atoms with Crippen LogP contribution in [0.2, 0.25) is 0 Å². The topological polar surface area (TPSA) is 77.0 Å². The van der Waals surface area contributed by atoms with Gasteiger partial charge in [0.05, 0.1) is 25.3 Å². The number of rotatable bonds is 12. The molecule has 2 N–H and O–H groups in total. The lowest BCUT2D eigenvalue weighted by atomic mass is 10.3. The summed E-state index contributed by atoms with van der Waals surface area (Å²) in [7, 11) is 1.62. The van der Waals surface area contributed by atoms with Crippen molar-refractivity contribution in [3.63, 3.8) is 0 Å². The normalized spacial score (nSPS) is 11.7. The summed E-state index contributed by atoms with van der Waals surface area (Å²) in [4.78, 5) is 8.05. The van der Waals surface area contributed by atoms with E-state index >= 15 is 0 Å². The number of halogens is 4. The Labute approximate surface area is 180 Å². The Morgan fingerprint density at radius 2 is 1.93 bits per heavy atom. The van der Waals surface area contributed by atoms with Crippen LogP contribution in [-0.2, 0) is 15.7 Å².